The summed E-state index contributed by atoms with van der Waals surface area (Å²) in [5.41, 5.74) is 3.49. The molecular weight excluding hydrogens is 104 g/mol. The van der Waals surface area contributed by atoms with Crippen molar-refractivity contribution in [2.75, 3.05) is 0 Å². The molecule has 1 rings (SSSR count). The molecule has 0 fully saturated rings. The summed E-state index contributed by atoms with van der Waals surface area (Å²) in [5.74, 6) is 5.02. The Labute approximate surface area is 47.1 Å². The fourth-order valence-corrected chi connectivity index (χ4v) is 0.493. The highest BCUT2D eigenvalue weighted by atomic mass is 15.2. The highest BCUT2D eigenvalue weighted by Crippen LogP contribution is 1.86. The van der Waals surface area contributed by atoms with Crippen LogP contribution in [0.15, 0.2) is 12.3 Å². The zero-order valence-electron chi connectivity index (χ0n) is 4.39. The summed E-state index contributed by atoms with van der Waals surface area (Å²) >= 11 is 0. The fourth-order valence-electron chi connectivity index (χ4n) is 0.493. The van der Waals surface area contributed by atoms with Gasteiger partial charge in [-0.2, -0.15) is 5.10 Å². The van der Waals surface area contributed by atoms with Crippen LogP contribution in [-0.2, 0) is 6.54 Å². The van der Waals surface area contributed by atoms with Gasteiger partial charge >= 0.3 is 0 Å². The zero-order chi connectivity index (χ0) is 5.82. The number of hydrogen-bond acceptors (Lipinski definition) is 3. The van der Waals surface area contributed by atoms with Crippen molar-refractivity contribution in [3.05, 3.63) is 18.0 Å². The Morgan fingerprint density at radius 1 is 1.88 bits per heavy atom. The maximum Gasteiger partial charge on any atom is 0.0516 e. The Hall–Kier alpha value is -0.870. The summed E-state index contributed by atoms with van der Waals surface area (Å²) in [6.45, 7) is 0.639. The third kappa shape index (κ3) is 1.05. The molecule has 4 nitrogen and oxygen atoms in total. The van der Waals surface area contributed by atoms with Crippen LogP contribution in [0.5, 0.6) is 0 Å². The van der Waals surface area contributed by atoms with Crippen molar-refractivity contribution in [2.24, 2.45) is 5.84 Å². The molecule has 0 spiro atoms. The normalized spacial score (nSPS) is 9.62. The molecular formula is C4H8N4. The van der Waals surface area contributed by atoms with Crippen molar-refractivity contribution < 1.29 is 0 Å². The van der Waals surface area contributed by atoms with Crippen molar-refractivity contribution in [1.29, 1.82) is 0 Å². The van der Waals surface area contributed by atoms with Crippen LogP contribution >= 0.6 is 0 Å². The summed E-state index contributed by atoms with van der Waals surface area (Å²) in [6, 6.07) is 1.86. The number of nitrogens with zero attached hydrogens (tertiary/aromatic N) is 1. The van der Waals surface area contributed by atoms with E-state index in [0.717, 1.165) is 5.69 Å². The third-order valence-electron chi connectivity index (χ3n) is 0.851. The zero-order valence-corrected chi connectivity index (χ0v) is 4.39. The van der Waals surface area contributed by atoms with E-state index >= 15 is 0 Å². The average Bonchev–Trinajstić information content (AvgIpc) is 2.19. The molecule has 0 bridgehead atoms. The van der Waals surface area contributed by atoms with Gasteiger partial charge in [-0.05, 0) is 6.07 Å². The van der Waals surface area contributed by atoms with Crippen LogP contribution in [0.1, 0.15) is 5.69 Å². The lowest BCUT2D eigenvalue weighted by atomic mass is 10.4. The van der Waals surface area contributed by atoms with Crippen LogP contribution in [0.2, 0.25) is 0 Å². The van der Waals surface area contributed by atoms with Gasteiger partial charge in [0.2, 0.25) is 0 Å². The number of H-pyrrole nitrogens is 1. The van der Waals surface area contributed by atoms with Gasteiger partial charge in [0, 0.05) is 6.20 Å². The number of aromatic amines is 1. The van der Waals surface area contributed by atoms with Crippen LogP contribution in [0.25, 0.3) is 0 Å². The van der Waals surface area contributed by atoms with Crippen LogP contribution in [-0.4, -0.2) is 10.2 Å². The minimum Gasteiger partial charge on any atom is -0.281 e. The van der Waals surface area contributed by atoms with E-state index in [4.69, 9.17) is 5.84 Å². The van der Waals surface area contributed by atoms with Gasteiger partial charge in [-0.3, -0.25) is 16.4 Å². The number of rotatable bonds is 2. The Balaban J connectivity index is 2.50. The number of nitrogens with one attached hydrogen (secondary N) is 2. The molecule has 44 valence electrons. The highest BCUT2D eigenvalue weighted by molar-refractivity contribution is 4.95. The van der Waals surface area contributed by atoms with Gasteiger partial charge in [0.15, 0.2) is 0 Å². The minimum absolute atomic E-state index is 0.639. The van der Waals surface area contributed by atoms with Crippen molar-refractivity contribution in [2.45, 2.75) is 6.54 Å². The Morgan fingerprint density at radius 3 is 3.25 bits per heavy atom. The Bertz CT molecular complexity index is 134. The lowest BCUT2D eigenvalue weighted by Gasteiger charge is -1.89. The molecule has 1 heterocycles. The Morgan fingerprint density at radius 2 is 2.75 bits per heavy atom. The number of hydrogen-bond donors (Lipinski definition) is 3. The molecule has 0 amide bonds. The lowest BCUT2D eigenvalue weighted by molar-refractivity contribution is 0.719. The van der Waals surface area contributed by atoms with E-state index in [1.165, 1.54) is 0 Å². The van der Waals surface area contributed by atoms with E-state index in [-0.39, 0.29) is 0 Å². The van der Waals surface area contributed by atoms with Gasteiger partial charge in [-0.1, -0.05) is 0 Å². The predicted octanol–water partition coefficient (Wildman–Crippen LogP) is -0.627. The molecule has 0 atom stereocenters. The van der Waals surface area contributed by atoms with Crippen LogP contribution in [0, 0.1) is 0 Å². The van der Waals surface area contributed by atoms with Crippen molar-refractivity contribution in [1.82, 2.24) is 15.6 Å². The number of aromatic nitrogens is 2. The maximum atomic E-state index is 5.02. The summed E-state index contributed by atoms with van der Waals surface area (Å²) < 4.78 is 0. The van der Waals surface area contributed by atoms with Crippen molar-refractivity contribution >= 4 is 0 Å². The van der Waals surface area contributed by atoms with E-state index in [1.54, 1.807) is 6.20 Å². The molecule has 0 aliphatic heterocycles. The quantitative estimate of drug-likeness (QED) is 0.352. The second kappa shape index (κ2) is 2.44. The van der Waals surface area contributed by atoms with Crippen LogP contribution in [0.4, 0.5) is 0 Å². The van der Waals surface area contributed by atoms with Gasteiger partial charge in [0.05, 0.1) is 12.2 Å². The van der Waals surface area contributed by atoms with Gasteiger partial charge < -0.3 is 0 Å². The Kier molecular flexibility index (Phi) is 1.61. The molecule has 4 heteroatoms. The predicted molar refractivity (Wildman–Crippen MR) is 29.6 cm³/mol. The van der Waals surface area contributed by atoms with E-state index in [2.05, 4.69) is 15.6 Å². The summed E-state index contributed by atoms with van der Waals surface area (Å²) in [7, 11) is 0. The maximum absolute atomic E-state index is 5.02. The molecule has 0 unspecified atom stereocenters. The second-order valence-electron chi connectivity index (χ2n) is 1.46. The lowest BCUT2D eigenvalue weighted by Crippen LogP contribution is -2.20. The standard InChI is InChI=1S/C4H8N4/c5-6-3-4-1-2-7-8-4/h1-2,6H,3,5H2,(H,7,8). The molecule has 0 saturated heterocycles. The van der Waals surface area contributed by atoms with Gasteiger partial charge in [-0.15, -0.1) is 0 Å². The van der Waals surface area contributed by atoms with Crippen LogP contribution in [0.3, 0.4) is 0 Å². The number of nitrogens with two attached hydrogens (primary N) is 1. The van der Waals surface area contributed by atoms with Gasteiger partial charge in [0.1, 0.15) is 0 Å². The molecule has 1 aromatic heterocycles. The summed E-state index contributed by atoms with van der Waals surface area (Å²) in [5, 5.41) is 6.47. The van der Waals surface area contributed by atoms with E-state index < -0.39 is 0 Å². The monoisotopic (exact) mass is 112 g/mol. The second-order valence-corrected chi connectivity index (χ2v) is 1.46. The number of hydrazine groups is 1. The van der Waals surface area contributed by atoms with E-state index in [9.17, 15) is 0 Å². The fraction of sp³-hybridized carbons (Fsp3) is 0.250. The molecule has 0 saturated carbocycles. The van der Waals surface area contributed by atoms with Crippen molar-refractivity contribution in [3.63, 3.8) is 0 Å². The first-order chi connectivity index (χ1) is 3.93. The molecule has 0 radical (unpaired) electrons. The summed E-state index contributed by atoms with van der Waals surface area (Å²) in [6.07, 6.45) is 1.69. The van der Waals surface area contributed by atoms with Gasteiger partial charge in [0.25, 0.3) is 0 Å². The highest BCUT2D eigenvalue weighted by Gasteiger charge is 1.86. The third-order valence-corrected chi connectivity index (χ3v) is 0.851. The first kappa shape index (κ1) is 5.27. The molecule has 0 aromatic carbocycles. The molecule has 8 heavy (non-hydrogen) atoms. The molecule has 0 aliphatic carbocycles. The van der Waals surface area contributed by atoms with E-state index in [0.29, 0.717) is 6.54 Å². The SMILES string of the molecule is NNCc1ccn[nH]1. The van der Waals surface area contributed by atoms with Crippen molar-refractivity contribution in [3.8, 4) is 0 Å². The average molecular weight is 112 g/mol. The van der Waals surface area contributed by atoms with Crippen LogP contribution < -0.4 is 11.3 Å². The molecule has 1 aromatic rings. The largest absolute Gasteiger partial charge is 0.281 e. The topological polar surface area (TPSA) is 66.7 Å². The first-order valence-corrected chi connectivity index (χ1v) is 2.35. The first-order valence-electron chi connectivity index (χ1n) is 2.35. The smallest absolute Gasteiger partial charge is 0.0516 e. The van der Waals surface area contributed by atoms with E-state index in [1.807, 2.05) is 6.07 Å². The molecule has 4 N–H and O–H groups in total. The molecule has 0 aliphatic rings. The summed E-state index contributed by atoms with van der Waals surface area (Å²) in [4.78, 5) is 0. The minimum atomic E-state index is 0.639. The van der Waals surface area contributed by atoms with Gasteiger partial charge in [-0.25, -0.2) is 0 Å².